The second kappa shape index (κ2) is 11.1. The molecule has 2 aromatic rings. The molecule has 0 aliphatic heterocycles. The predicted molar refractivity (Wildman–Crippen MR) is 119 cm³/mol. The molecule has 0 saturated carbocycles. The summed E-state index contributed by atoms with van der Waals surface area (Å²) in [5, 5.41) is 1.07. The Morgan fingerprint density at radius 3 is 2.45 bits per heavy atom. The third-order valence-electron chi connectivity index (χ3n) is 4.27. The van der Waals surface area contributed by atoms with E-state index < -0.39 is 0 Å². The maximum Gasteiger partial charge on any atom is 0.246 e. The van der Waals surface area contributed by atoms with E-state index in [1.165, 1.54) is 13.2 Å². The Morgan fingerprint density at radius 1 is 1.07 bits per heavy atom. The van der Waals surface area contributed by atoms with Crippen LogP contribution in [0.1, 0.15) is 11.1 Å². The molecule has 2 rings (SSSR count). The number of carbonyl (C=O) groups is 1. The Labute approximate surface area is 182 Å². The van der Waals surface area contributed by atoms with E-state index in [0.29, 0.717) is 34.6 Å². The van der Waals surface area contributed by atoms with Crippen molar-refractivity contribution in [3.8, 4) is 11.5 Å². The van der Waals surface area contributed by atoms with E-state index in [4.69, 9.17) is 32.7 Å². The molecule has 0 aromatic heterocycles. The summed E-state index contributed by atoms with van der Waals surface area (Å²) in [5.41, 5.74) is 1.73. The Bertz CT molecular complexity index is 869. The zero-order valence-corrected chi connectivity index (χ0v) is 18.6. The van der Waals surface area contributed by atoms with Crippen molar-refractivity contribution < 1.29 is 14.3 Å². The average molecular weight is 437 g/mol. The summed E-state index contributed by atoms with van der Waals surface area (Å²) in [4.78, 5) is 16.7. The molecule has 0 aliphatic rings. The van der Waals surface area contributed by atoms with Gasteiger partial charge in [0.2, 0.25) is 5.91 Å². The number of benzene rings is 2. The van der Waals surface area contributed by atoms with Crippen LogP contribution in [0.3, 0.4) is 0 Å². The van der Waals surface area contributed by atoms with Crippen LogP contribution in [0.2, 0.25) is 10.0 Å². The van der Waals surface area contributed by atoms with Crippen LogP contribution in [-0.2, 0) is 11.3 Å². The number of rotatable bonds is 9. The number of nitrogens with zero attached hydrogens (tertiary/aromatic N) is 2. The standard InChI is InChI=1S/C22H26Cl2N2O3/c1-25(2)10-11-26(15-17-6-5-7-18(23)12-17)21(27)9-8-16-13-19(24)22(29-4)20(14-16)28-3/h5-9,12-14H,10-11,15H2,1-4H3/b9-8+. The lowest BCUT2D eigenvalue weighted by atomic mass is 10.1. The van der Waals surface area contributed by atoms with E-state index in [9.17, 15) is 4.79 Å². The minimum Gasteiger partial charge on any atom is -0.493 e. The van der Waals surface area contributed by atoms with E-state index >= 15 is 0 Å². The summed E-state index contributed by atoms with van der Waals surface area (Å²) in [7, 11) is 7.02. The zero-order chi connectivity index (χ0) is 21.4. The van der Waals surface area contributed by atoms with Crippen LogP contribution in [0.5, 0.6) is 11.5 Å². The normalized spacial score (nSPS) is 11.1. The van der Waals surface area contributed by atoms with Crippen LogP contribution in [0.25, 0.3) is 6.08 Å². The highest BCUT2D eigenvalue weighted by Crippen LogP contribution is 2.36. The second-order valence-corrected chi connectivity index (χ2v) is 7.61. The predicted octanol–water partition coefficient (Wildman–Crippen LogP) is 4.61. The number of halogens is 2. The lowest BCUT2D eigenvalue weighted by molar-refractivity contribution is -0.126. The van der Waals surface area contributed by atoms with Gasteiger partial charge in [-0.1, -0.05) is 35.3 Å². The summed E-state index contributed by atoms with van der Waals surface area (Å²) < 4.78 is 10.6. The molecule has 29 heavy (non-hydrogen) atoms. The van der Waals surface area contributed by atoms with Gasteiger partial charge in [0.15, 0.2) is 11.5 Å². The van der Waals surface area contributed by atoms with Crippen LogP contribution in [-0.4, -0.2) is 57.1 Å². The lowest BCUT2D eigenvalue weighted by Gasteiger charge is -2.23. The Balaban J connectivity index is 2.20. The fourth-order valence-electron chi connectivity index (χ4n) is 2.75. The van der Waals surface area contributed by atoms with Gasteiger partial charge in [-0.3, -0.25) is 4.79 Å². The van der Waals surface area contributed by atoms with Crippen molar-refractivity contribution in [3.05, 3.63) is 63.6 Å². The molecule has 0 fully saturated rings. The van der Waals surface area contributed by atoms with Gasteiger partial charge in [0, 0.05) is 30.7 Å². The van der Waals surface area contributed by atoms with Crippen molar-refractivity contribution in [1.82, 2.24) is 9.80 Å². The zero-order valence-electron chi connectivity index (χ0n) is 17.1. The Morgan fingerprint density at radius 2 is 1.83 bits per heavy atom. The largest absolute Gasteiger partial charge is 0.493 e. The molecule has 1 amide bonds. The first-order valence-corrected chi connectivity index (χ1v) is 9.87. The third kappa shape index (κ3) is 6.96. The van der Waals surface area contributed by atoms with Crippen LogP contribution in [0.4, 0.5) is 0 Å². The quantitative estimate of drug-likeness (QED) is 0.538. The molecule has 7 heteroatoms. The highest BCUT2D eigenvalue weighted by atomic mass is 35.5. The number of carbonyl (C=O) groups excluding carboxylic acids is 1. The van der Waals surface area contributed by atoms with E-state index in [0.717, 1.165) is 17.7 Å². The number of hydrogen-bond acceptors (Lipinski definition) is 4. The van der Waals surface area contributed by atoms with Gasteiger partial charge in [0.1, 0.15) is 0 Å². The van der Waals surface area contributed by atoms with Crippen LogP contribution in [0.15, 0.2) is 42.5 Å². The molecular formula is C22H26Cl2N2O3. The van der Waals surface area contributed by atoms with Crippen molar-refractivity contribution in [1.29, 1.82) is 0 Å². The highest BCUT2D eigenvalue weighted by molar-refractivity contribution is 6.32. The van der Waals surface area contributed by atoms with Crippen molar-refractivity contribution >= 4 is 35.2 Å². The fraction of sp³-hybridized carbons (Fsp3) is 0.318. The van der Waals surface area contributed by atoms with Crippen molar-refractivity contribution in [2.45, 2.75) is 6.54 Å². The molecule has 0 bridgehead atoms. The van der Waals surface area contributed by atoms with Crippen molar-refractivity contribution in [3.63, 3.8) is 0 Å². The van der Waals surface area contributed by atoms with Gasteiger partial charge in [-0.25, -0.2) is 0 Å². The average Bonchev–Trinajstić information content (AvgIpc) is 2.68. The van der Waals surface area contributed by atoms with Gasteiger partial charge in [-0.2, -0.15) is 0 Å². The van der Waals surface area contributed by atoms with E-state index in [-0.39, 0.29) is 5.91 Å². The van der Waals surface area contributed by atoms with Crippen molar-refractivity contribution in [2.24, 2.45) is 0 Å². The van der Waals surface area contributed by atoms with Gasteiger partial charge < -0.3 is 19.3 Å². The van der Waals surface area contributed by atoms with E-state index in [1.807, 2.05) is 43.3 Å². The molecule has 156 valence electrons. The van der Waals surface area contributed by atoms with Gasteiger partial charge in [-0.05, 0) is 55.6 Å². The summed E-state index contributed by atoms with van der Waals surface area (Å²) in [6, 6.07) is 11.0. The topological polar surface area (TPSA) is 42.0 Å². The fourth-order valence-corrected chi connectivity index (χ4v) is 3.26. The molecule has 0 N–H and O–H groups in total. The summed E-state index contributed by atoms with van der Waals surface area (Å²) in [6.07, 6.45) is 3.26. The number of ether oxygens (including phenoxy) is 2. The minimum absolute atomic E-state index is 0.0993. The van der Waals surface area contributed by atoms with Gasteiger partial charge >= 0.3 is 0 Å². The highest BCUT2D eigenvalue weighted by Gasteiger charge is 2.13. The molecular weight excluding hydrogens is 411 g/mol. The number of hydrogen-bond donors (Lipinski definition) is 0. The molecule has 0 unspecified atom stereocenters. The first-order valence-electron chi connectivity index (χ1n) is 9.11. The molecule has 0 atom stereocenters. The molecule has 2 aromatic carbocycles. The first-order chi connectivity index (χ1) is 13.8. The van der Waals surface area contributed by atoms with E-state index in [1.54, 1.807) is 30.2 Å². The number of likely N-dealkylation sites (N-methyl/N-ethyl adjacent to an activating group) is 1. The molecule has 0 spiro atoms. The molecule has 0 heterocycles. The SMILES string of the molecule is COc1cc(/C=C/C(=O)N(CCN(C)C)Cc2cccc(Cl)c2)cc(Cl)c1OC. The summed E-state index contributed by atoms with van der Waals surface area (Å²) in [6.45, 7) is 1.82. The van der Waals surface area contributed by atoms with Crippen molar-refractivity contribution in [2.75, 3.05) is 41.4 Å². The second-order valence-electron chi connectivity index (χ2n) is 6.76. The van der Waals surface area contributed by atoms with Crippen LogP contribution < -0.4 is 9.47 Å². The number of amides is 1. The third-order valence-corrected chi connectivity index (χ3v) is 4.78. The lowest BCUT2D eigenvalue weighted by Crippen LogP contribution is -2.35. The van der Waals surface area contributed by atoms with Gasteiger partial charge in [0.05, 0.1) is 19.2 Å². The minimum atomic E-state index is -0.0993. The Hall–Kier alpha value is -2.21. The molecule has 5 nitrogen and oxygen atoms in total. The van der Waals surface area contributed by atoms with Crippen LogP contribution >= 0.6 is 23.2 Å². The maximum absolute atomic E-state index is 12.9. The number of methoxy groups -OCH3 is 2. The van der Waals surface area contributed by atoms with Crippen LogP contribution in [0, 0.1) is 0 Å². The molecule has 0 saturated heterocycles. The molecule has 0 radical (unpaired) electrons. The monoisotopic (exact) mass is 436 g/mol. The first kappa shape index (κ1) is 23.1. The summed E-state index contributed by atoms with van der Waals surface area (Å²) in [5.74, 6) is 0.874. The molecule has 0 aliphatic carbocycles. The maximum atomic E-state index is 12.9. The van der Waals surface area contributed by atoms with E-state index in [2.05, 4.69) is 0 Å². The summed E-state index contributed by atoms with van der Waals surface area (Å²) >= 11 is 12.3. The van der Waals surface area contributed by atoms with Gasteiger partial charge in [-0.15, -0.1) is 0 Å². The smallest absolute Gasteiger partial charge is 0.246 e. The Kier molecular flexibility index (Phi) is 8.83. The van der Waals surface area contributed by atoms with Gasteiger partial charge in [0.25, 0.3) is 0 Å².